The Morgan fingerprint density at radius 2 is 1.45 bits per heavy atom. The minimum atomic E-state index is -1.13. The van der Waals surface area contributed by atoms with Crippen LogP contribution >= 0.6 is 0 Å². The minimum absolute atomic E-state index is 0.00261. The fourth-order valence-corrected chi connectivity index (χ4v) is 4.74. The Balaban J connectivity index is 1.09. The maximum atomic E-state index is 12.6. The summed E-state index contributed by atoms with van der Waals surface area (Å²) in [6, 6.07) is 23.6. The van der Waals surface area contributed by atoms with E-state index in [1.807, 2.05) is 12.1 Å². The lowest BCUT2D eigenvalue weighted by Crippen LogP contribution is -2.39. The monoisotopic (exact) mass is 566 g/mol. The van der Waals surface area contributed by atoms with Gasteiger partial charge in [0.15, 0.2) is 0 Å². The van der Waals surface area contributed by atoms with Crippen molar-refractivity contribution < 1.29 is 29.0 Å². The van der Waals surface area contributed by atoms with E-state index in [0.717, 1.165) is 25.7 Å². The molecular weight excluding hydrogens is 536 g/mol. The number of aromatic nitrogens is 1. The number of nitrogens with two attached hydrogens (primary N) is 1. The largest absolute Gasteiger partial charge is 0.490 e. The van der Waals surface area contributed by atoms with Crippen LogP contribution in [0.3, 0.4) is 0 Å². The van der Waals surface area contributed by atoms with Crippen LogP contribution in [0.1, 0.15) is 56.8 Å². The molecular formula is C32H30N4O6. The van der Waals surface area contributed by atoms with Crippen molar-refractivity contribution >= 4 is 29.2 Å². The van der Waals surface area contributed by atoms with Crippen LogP contribution in [0.15, 0.2) is 91.1 Å². The van der Waals surface area contributed by atoms with Crippen LogP contribution < -0.4 is 25.8 Å². The number of aromatic carboxylic acids is 1. The molecule has 0 bridgehead atoms. The maximum Gasteiger partial charge on any atom is 0.337 e. The molecule has 0 atom stereocenters. The van der Waals surface area contributed by atoms with E-state index in [1.54, 1.807) is 60.7 Å². The number of nitrogens with zero attached hydrogens (tertiary/aromatic N) is 1. The Labute approximate surface area is 242 Å². The molecule has 42 heavy (non-hydrogen) atoms. The second kappa shape index (κ2) is 12.9. The number of hydrogen-bond donors (Lipinski definition) is 4. The van der Waals surface area contributed by atoms with Crippen LogP contribution in [0.2, 0.25) is 0 Å². The zero-order valence-corrected chi connectivity index (χ0v) is 22.7. The van der Waals surface area contributed by atoms with Gasteiger partial charge in [-0.3, -0.25) is 9.59 Å². The van der Waals surface area contributed by atoms with Gasteiger partial charge in [-0.1, -0.05) is 24.3 Å². The van der Waals surface area contributed by atoms with Crippen molar-refractivity contribution in [1.29, 1.82) is 0 Å². The molecule has 1 saturated carbocycles. The molecule has 5 rings (SSSR count). The number of carboxylic acid groups (broad SMARTS) is 1. The molecule has 0 saturated heterocycles. The number of carboxylic acids is 1. The Kier molecular flexibility index (Phi) is 8.62. The summed E-state index contributed by atoms with van der Waals surface area (Å²) in [5.74, 6) is -0.206. The van der Waals surface area contributed by atoms with Crippen molar-refractivity contribution in [3.8, 4) is 17.4 Å². The maximum absolute atomic E-state index is 12.6. The van der Waals surface area contributed by atoms with Crippen molar-refractivity contribution in [3.05, 3.63) is 108 Å². The fraction of sp³-hybridized carbons (Fsp3) is 0.188. The summed E-state index contributed by atoms with van der Waals surface area (Å²) in [6.07, 6.45) is 4.68. The van der Waals surface area contributed by atoms with Crippen LogP contribution in [0, 0.1) is 0 Å². The van der Waals surface area contributed by atoms with Gasteiger partial charge < -0.3 is 30.9 Å². The predicted molar refractivity (Wildman–Crippen MR) is 157 cm³/mol. The van der Waals surface area contributed by atoms with E-state index in [9.17, 15) is 19.5 Å². The number of nitrogens with one attached hydrogen (secondary N) is 2. The topological polar surface area (TPSA) is 153 Å². The van der Waals surface area contributed by atoms with Crippen LogP contribution in [-0.2, 0) is 0 Å². The van der Waals surface area contributed by atoms with E-state index in [1.165, 1.54) is 18.3 Å². The molecule has 4 aromatic rings. The summed E-state index contributed by atoms with van der Waals surface area (Å²) in [7, 11) is 0. The standard InChI is InChI=1S/C32H30N4O6/c33-27-7-3-1-5-25(27)31(38)35-21-10-12-22(13-11-21)41-23-14-16-24(17-15-23)42-29-18-9-20(19-34-29)30(37)36-28-8-4-2-6-26(28)32(39)40/h1-9,14-19,21-22H,10-13,33H2,(H,35,38)(H,36,37)(H,39,40). The van der Waals surface area contributed by atoms with Gasteiger partial charge in [-0.2, -0.15) is 0 Å². The number of rotatable bonds is 9. The third-order valence-electron chi connectivity index (χ3n) is 6.97. The van der Waals surface area contributed by atoms with E-state index in [-0.39, 0.29) is 34.9 Å². The molecule has 2 amide bonds. The normalized spacial score (nSPS) is 16.2. The van der Waals surface area contributed by atoms with Gasteiger partial charge in [0.25, 0.3) is 11.8 Å². The second-order valence-electron chi connectivity index (χ2n) is 9.92. The highest BCUT2D eigenvalue weighted by atomic mass is 16.5. The summed E-state index contributed by atoms with van der Waals surface area (Å²) >= 11 is 0. The van der Waals surface area contributed by atoms with Crippen molar-refractivity contribution in [3.63, 3.8) is 0 Å². The molecule has 5 N–H and O–H groups in total. The van der Waals surface area contributed by atoms with Gasteiger partial charge in [0, 0.05) is 24.0 Å². The molecule has 1 aliphatic rings. The molecule has 3 aromatic carbocycles. The lowest BCUT2D eigenvalue weighted by atomic mass is 9.92. The fourth-order valence-electron chi connectivity index (χ4n) is 4.74. The van der Waals surface area contributed by atoms with E-state index in [2.05, 4.69) is 15.6 Å². The van der Waals surface area contributed by atoms with Gasteiger partial charge >= 0.3 is 5.97 Å². The summed E-state index contributed by atoms with van der Waals surface area (Å²) in [6.45, 7) is 0. The molecule has 1 aliphatic carbocycles. The minimum Gasteiger partial charge on any atom is -0.490 e. The number of nitrogen functional groups attached to an aromatic ring is 1. The zero-order chi connectivity index (χ0) is 29.5. The molecule has 1 fully saturated rings. The van der Waals surface area contributed by atoms with Gasteiger partial charge in [0.2, 0.25) is 5.88 Å². The Bertz CT molecular complexity index is 1560. The van der Waals surface area contributed by atoms with Gasteiger partial charge in [-0.05, 0) is 80.3 Å². The molecule has 214 valence electrons. The average Bonchev–Trinajstić information content (AvgIpc) is 3.00. The zero-order valence-electron chi connectivity index (χ0n) is 22.7. The van der Waals surface area contributed by atoms with Gasteiger partial charge in [0.05, 0.1) is 28.5 Å². The van der Waals surface area contributed by atoms with Crippen LogP contribution in [-0.4, -0.2) is 40.0 Å². The molecule has 10 nitrogen and oxygen atoms in total. The second-order valence-corrected chi connectivity index (χ2v) is 9.92. The molecule has 0 aliphatic heterocycles. The Hall–Kier alpha value is -5.38. The predicted octanol–water partition coefficient (Wildman–Crippen LogP) is 5.53. The van der Waals surface area contributed by atoms with Crippen LogP contribution in [0.25, 0.3) is 0 Å². The molecule has 10 heteroatoms. The van der Waals surface area contributed by atoms with Crippen molar-refractivity contribution in [2.24, 2.45) is 0 Å². The summed E-state index contributed by atoms with van der Waals surface area (Å²) in [4.78, 5) is 40.7. The number of benzene rings is 3. The number of carbonyl (C=O) groups is 3. The third kappa shape index (κ3) is 7.03. The molecule has 1 aromatic heterocycles. The van der Waals surface area contributed by atoms with E-state index in [4.69, 9.17) is 15.2 Å². The number of amides is 2. The molecule has 0 spiro atoms. The number of hydrogen-bond acceptors (Lipinski definition) is 7. The van der Waals surface area contributed by atoms with E-state index in [0.29, 0.717) is 28.6 Å². The average molecular weight is 567 g/mol. The van der Waals surface area contributed by atoms with Crippen LogP contribution in [0.5, 0.6) is 17.4 Å². The van der Waals surface area contributed by atoms with E-state index >= 15 is 0 Å². The summed E-state index contributed by atoms with van der Waals surface area (Å²) in [5.41, 5.74) is 7.33. The number of pyridine rings is 1. The lowest BCUT2D eigenvalue weighted by molar-refractivity contribution is 0.0697. The number of para-hydroxylation sites is 2. The van der Waals surface area contributed by atoms with Crippen LogP contribution in [0.4, 0.5) is 11.4 Å². The number of carbonyl (C=O) groups excluding carboxylic acids is 2. The molecule has 0 radical (unpaired) electrons. The van der Waals surface area contributed by atoms with E-state index < -0.39 is 11.9 Å². The molecule has 1 heterocycles. The lowest BCUT2D eigenvalue weighted by Gasteiger charge is -2.29. The summed E-state index contributed by atoms with van der Waals surface area (Å²) in [5, 5.41) is 15.0. The van der Waals surface area contributed by atoms with Crippen molar-refractivity contribution in [2.45, 2.75) is 37.8 Å². The first kappa shape index (κ1) is 28.2. The van der Waals surface area contributed by atoms with Gasteiger partial charge in [-0.25, -0.2) is 9.78 Å². The molecule has 0 unspecified atom stereocenters. The number of ether oxygens (including phenoxy) is 2. The SMILES string of the molecule is Nc1ccccc1C(=O)NC1CCC(Oc2ccc(Oc3ccc(C(=O)Nc4ccccc4C(=O)O)cn3)cc2)CC1. The first-order valence-corrected chi connectivity index (χ1v) is 13.6. The Morgan fingerprint density at radius 1 is 0.786 bits per heavy atom. The first-order chi connectivity index (χ1) is 20.4. The third-order valence-corrected chi connectivity index (χ3v) is 6.97. The van der Waals surface area contributed by atoms with Gasteiger partial charge in [-0.15, -0.1) is 0 Å². The van der Waals surface area contributed by atoms with Crippen molar-refractivity contribution in [2.75, 3.05) is 11.1 Å². The van der Waals surface area contributed by atoms with Gasteiger partial charge in [0.1, 0.15) is 11.5 Å². The summed E-state index contributed by atoms with van der Waals surface area (Å²) < 4.78 is 11.9. The van der Waals surface area contributed by atoms with Crippen molar-refractivity contribution in [1.82, 2.24) is 10.3 Å². The smallest absolute Gasteiger partial charge is 0.337 e. The number of anilines is 2. The highest BCUT2D eigenvalue weighted by Crippen LogP contribution is 2.27. The highest BCUT2D eigenvalue weighted by Gasteiger charge is 2.24. The Morgan fingerprint density at radius 3 is 2.12 bits per heavy atom. The highest BCUT2D eigenvalue weighted by molar-refractivity contribution is 6.07. The first-order valence-electron chi connectivity index (χ1n) is 13.6. The quantitative estimate of drug-likeness (QED) is 0.193.